The Morgan fingerprint density at radius 3 is 2.58 bits per heavy atom. The molecule has 2 aromatic carbocycles. The van der Waals surface area contributed by atoms with E-state index in [4.69, 9.17) is 0 Å². The van der Waals surface area contributed by atoms with E-state index in [2.05, 4.69) is 9.71 Å². The minimum absolute atomic E-state index is 0.0294. The van der Waals surface area contributed by atoms with Crippen molar-refractivity contribution in [3.8, 4) is 0 Å². The molecule has 0 saturated heterocycles. The van der Waals surface area contributed by atoms with Gasteiger partial charge in [0.05, 0.1) is 4.90 Å². The van der Waals surface area contributed by atoms with Gasteiger partial charge in [-0.25, -0.2) is 17.5 Å². The molecule has 5 nitrogen and oxygen atoms in total. The van der Waals surface area contributed by atoms with Crippen LogP contribution in [0.5, 0.6) is 0 Å². The molecule has 26 heavy (non-hydrogen) atoms. The zero-order valence-corrected chi connectivity index (χ0v) is 15.3. The van der Waals surface area contributed by atoms with E-state index in [-0.39, 0.29) is 23.4 Å². The lowest BCUT2D eigenvalue weighted by atomic mass is 10.1. The average molecular weight is 374 g/mol. The fraction of sp³-hybridized carbons (Fsp3) is 0.211. The van der Waals surface area contributed by atoms with Gasteiger partial charge in [-0.1, -0.05) is 12.1 Å². The van der Waals surface area contributed by atoms with Gasteiger partial charge in [0.25, 0.3) is 5.56 Å². The van der Waals surface area contributed by atoms with Gasteiger partial charge >= 0.3 is 0 Å². The summed E-state index contributed by atoms with van der Waals surface area (Å²) in [7, 11) is -3.77. The molecule has 3 rings (SSSR count). The molecule has 0 saturated carbocycles. The molecule has 1 heterocycles. The summed E-state index contributed by atoms with van der Waals surface area (Å²) in [4.78, 5) is 15.0. The molecule has 0 amide bonds. The van der Waals surface area contributed by atoms with Gasteiger partial charge in [-0.15, -0.1) is 0 Å². The highest BCUT2D eigenvalue weighted by Gasteiger charge is 2.17. The van der Waals surface area contributed by atoms with E-state index in [0.717, 1.165) is 22.5 Å². The second-order valence-electron chi connectivity index (χ2n) is 6.27. The molecule has 0 aliphatic heterocycles. The highest BCUT2D eigenvalue weighted by atomic mass is 32.2. The van der Waals surface area contributed by atoms with Crippen LogP contribution in [-0.4, -0.2) is 19.9 Å². The third kappa shape index (κ3) is 3.84. The van der Waals surface area contributed by atoms with Gasteiger partial charge in [-0.2, -0.15) is 0 Å². The first-order valence-electron chi connectivity index (χ1n) is 8.15. The van der Waals surface area contributed by atoms with Crippen LogP contribution >= 0.6 is 0 Å². The van der Waals surface area contributed by atoms with E-state index >= 15 is 0 Å². The van der Waals surface area contributed by atoms with E-state index in [0.29, 0.717) is 11.1 Å². The monoisotopic (exact) mass is 374 g/mol. The molecule has 0 aliphatic carbocycles. The van der Waals surface area contributed by atoms with Crippen molar-refractivity contribution in [2.45, 2.75) is 25.2 Å². The van der Waals surface area contributed by atoms with Crippen LogP contribution in [0.2, 0.25) is 0 Å². The number of aryl methyl sites for hydroxylation is 2. The van der Waals surface area contributed by atoms with Gasteiger partial charge in [-0.05, 0) is 67.1 Å². The second-order valence-corrected chi connectivity index (χ2v) is 8.01. The number of benzene rings is 2. The summed E-state index contributed by atoms with van der Waals surface area (Å²) in [6, 6.07) is 11.0. The Morgan fingerprint density at radius 1 is 1.08 bits per heavy atom. The molecule has 136 valence electrons. The normalized spacial score (nSPS) is 11.8. The Kier molecular flexibility index (Phi) is 4.93. The maximum Gasteiger partial charge on any atom is 0.251 e. The molecule has 0 fully saturated rings. The van der Waals surface area contributed by atoms with Crippen molar-refractivity contribution < 1.29 is 12.8 Å². The van der Waals surface area contributed by atoms with Crippen molar-refractivity contribution in [3.05, 3.63) is 75.3 Å². The fourth-order valence-corrected chi connectivity index (χ4v) is 4.11. The van der Waals surface area contributed by atoms with Crippen LogP contribution in [0.3, 0.4) is 0 Å². The van der Waals surface area contributed by atoms with E-state index in [9.17, 15) is 17.6 Å². The van der Waals surface area contributed by atoms with Crippen molar-refractivity contribution in [1.29, 1.82) is 0 Å². The van der Waals surface area contributed by atoms with Crippen LogP contribution in [0.1, 0.15) is 16.7 Å². The number of hydrogen-bond donors (Lipinski definition) is 2. The lowest BCUT2D eigenvalue weighted by Crippen LogP contribution is -2.28. The van der Waals surface area contributed by atoms with Gasteiger partial charge in [0.2, 0.25) is 10.0 Å². The number of nitrogens with one attached hydrogen (secondary N) is 2. The number of hydrogen-bond acceptors (Lipinski definition) is 3. The van der Waals surface area contributed by atoms with Crippen LogP contribution in [0, 0.1) is 19.7 Å². The number of rotatable bonds is 5. The summed E-state index contributed by atoms with van der Waals surface area (Å²) in [6.45, 7) is 3.55. The van der Waals surface area contributed by atoms with Crippen LogP contribution < -0.4 is 10.3 Å². The Morgan fingerprint density at radius 2 is 1.85 bits per heavy atom. The SMILES string of the molecule is Cc1ccc2cc(CCNS(=O)(=O)c3ccc(F)cc3C)c(=O)[nH]c2c1. The minimum atomic E-state index is -3.77. The predicted octanol–water partition coefficient (Wildman–Crippen LogP) is 2.81. The third-order valence-electron chi connectivity index (χ3n) is 4.19. The quantitative estimate of drug-likeness (QED) is 0.721. The van der Waals surface area contributed by atoms with Crippen LogP contribution in [0.25, 0.3) is 10.9 Å². The number of fused-ring (bicyclic) bond motifs is 1. The molecule has 0 radical (unpaired) electrons. The number of pyridine rings is 1. The molecule has 0 aliphatic rings. The first kappa shape index (κ1) is 18.3. The number of H-pyrrole nitrogens is 1. The largest absolute Gasteiger partial charge is 0.322 e. The van der Waals surface area contributed by atoms with Crippen molar-refractivity contribution in [2.75, 3.05) is 6.54 Å². The summed E-state index contributed by atoms with van der Waals surface area (Å²) in [6.07, 6.45) is 0.249. The first-order valence-corrected chi connectivity index (χ1v) is 9.63. The van der Waals surface area contributed by atoms with Crippen molar-refractivity contribution in [3.63, 3.8) is 0 Å². The Bertz CT molecular complexity index is 1140. The maximum atomic E-state index is 13.2. The summed E-state index contributed by atoms with van der Waals surface area (Å²) in [5.41, 5.74) is 2.39. The predicted molar refractivity (Wildman–Crippen MR) is 99.3 cm³/mol. The van der Waals surface area contributed by atoms with Crippen LogP contribution in [0.4, 0.5) is 4.39 Å². The van der Waals surface area contributed by atoms with Gasteiger partial charge in [0.15, 0.2) is 0 Å². The first-order chi connectivity index (χ1) is 12.3. The Labute approximate surface area is 150 Å². The molecule has 0 spiro atoms. The highest BCUT2D eigenvalue weighted by molar-refractivity contribution is 7.89. The van der Waals surface area contributed by atoms with E-state index in [1.807, 2.05) is 25.1 Å². The summed E-state index contributed by atoms with van der Waals surface area (Å²) < 4.78 is 40.4. The lowest BCUT2D eigenvalue weighted by Gasteiger charge is -2.09. The Balaban J connectivity index is 1.77. The van der Waals surface area contributed by atoms with E-state index < -0.39 is 15.8 Å². The molecule has 2 N–H and O–H groups in total. The van der Waals surface area contributed by atoms with Gasteiger partial charge < -0.3 is 4.98 Å². The molecule has 0 atom stereocenters. The molecular weight excluding hydrogens is 355 g/mol. The Hall–Kier alpha value is -2.51. The average Bonchev–Trinajstić information content (AvgIpc) is 2.55. The van der Waals surface area contributed by atoms with Crippen molar-refractivity contribution in [2.24, 2.45) is 0 Å². The number of aromatic nitrogens is 1. The molecule has 7 heteroatoms. The minimum Gasteiger partial charge on any atom is -0.322 e. The molecule has 1 aromatic heterocycles. The highest BCUT2D eigenvalue weighted by Crippen LogP contribution is 2.16. The van der Waals surface area contributed by atoms with E-state index in [1.54, 1.807) is 6.07 Å². The second kappa shape index (κ2) is 7.01. The summed E-state index contributed by atoms with van der Waals surface area (Å²) in [5.74, 6) is -0.487. The van der Waals surface area contributed by atoms with Crippen LogP contribution in [-0.2, 0) is 16.4 Å². The van der Waals surface area contributed by atoms with Gasteiger partial charge in [0, 0.05) is 17.6 Å². The smallest absolute Gasteiger partial charge is 0.251 e. The molecule has 3 aromatic rings. The zero-order chi connectivity index (χ0) is 18.9. The molecule has 0 bridgehead atoms. The number of halogens is 1. The van der Waals surface area contributed by atoms with Crippen molar-refractivity contribution in [1.82, 2.24) is 9.71 Å². The molecule has 0 unspecified atom stereocenters. The fourth-order valence-electron chi connectivity index (χ4n) is 2.86. The topological polar surface area (TPSA) is 79.0 Å². The van der Waals surface area contributed by atoms with Crippen molar-refractivity contribution >= 4 is 20.9 Å². The number of aromatic amines is 1. The zero-order valence-electron chi connectivity index (χ0n) is 14.5. The van der Waals surface area contributed by atoms with Gasteiger partial charge in [-0.3, -0.25) is 4.79 Å². The summed E-state index contributed by atoms with van der Waals surface area (Å²) >= 11 is 0. The van der Waals surface area contributed by atoms with E-state index in [1.165, 1.54) is 19.1 Å². The van der Waals surface area contributed by atoms with Gasteiger partial charge in [0.1, 0.15) is 5.82 Å². The van der Waals surface area contributed by atoms with Crippen LogP contribution in [0.15, 0.2) is 52.2 Å². The third-order valence-corrected chi connectivity index (χ3v) is 5.81. The molecular formula is C19H19FN2O3S. The maximum absolute atomic E-state index is 13.2. The lowest BCUT2D eigenvalue weighted by molar-refractivity contribution is 0.579. The standard InChI is InChI=1S/C19H19FN2O3S/c1-12-3-4-14-11-15(19(23)22-17(14)9-12)7-8-21-26(24,25)18-6-5-16(20)10-13(18)2/h3-6,9-11,21H,7-8H2,1-2H3,(H,22,23). The number of sulfonamides is 1. The summed E-state index contributed by atoms with van der Waals surface area (Å²) in [5, 5.41) is 0.891.